The first kappa shape index (κ1) is 13.0. The van der Waals surface area contributed by atoms with Crippen LogP contribution in [0.25, 0.3) is 17.0 Å². The second-order valence-electron chi connectivity index (χ2n) is 3.20. The summed E-state index contributed by atoms with van der Waals surface area (Å²) in [6.07, 6.45) is 2.13. The first-order valence-corrected chi connectivity index (χ1v) is 4.61. The maximum absolute atomic E-state index is 11.4. The van der Waals surface area contributed by atoms with Gasteiger partial charge in [0.1, 0.15) is 5.58 Å². The van der Waals surface area contributed by atoms with Crippen molar-refractivity contribution in [2.75, 3.05) is 0 Å². The highest BCUT2D eigenvalue weighted by atomic mass is 35.5. The van der Waals surface area contributed by atoms with Gasteiger partial charge >= 0.3 is 11.6 Å². The van der Waals surface area contributed by atoms with Gasteiger partial charge in [0.05, 0.1) is 5.56 Å². The van der Waals surface area contributed by atoms with Gasteiger partial charge in [-0.3, -0.25) is 0 Å². The fourth-order valence-corrected chi connectivity index (χ4v) is 1.36. The van der Waals surface area contributed by atoms with E-state index in [-0.39, 0.29) is 18.0 Å². The van der Waals surface area contributed by atoms with Gasteiger partial charge < -0.3 is 9.52 Å². The summed E-state index contributed by atoms with van der Waals surface area (Å²) in [4.78, 5) is 21.8. The molecular formula is C12H9ClO4. The Morgan fingerprint density at radius 1 is 1.29 bits per heavy atom. The summed E-state index contributed by atoms with van der Waals surface area (Å²) in [6, 6.07) is 8.64. The van der Waals surface area contributed by atoms with Gasteiger partial charge in [-0.25, -0.2) is 9.59 Å². The molecule has 1 heterocycles. The van der Waals surface area contributed by atoms with E-state index in [0.29, 0.717) is 5.58 Å². The Bertz CT molecular complexity index is 628. The van der Waals surface area contributed by atoms with Crippen molar-refractivity contribution < 1.29 is 14.3 Å². The smallest absolute Gasteiger partial charge is 0.343 e. The second-order valence-corrected chi connectivity index (χ2v) is 3.20. The van der Waals surface area contributed by atoms with Crippen LogP contribution >= 0.6 is 12.4 Å². The number of carbonyl (C=O) groups is 1. The summed E-state index contributed by atoms with van der Waals surface area (Å²) in [5.41, 5.74) is 0.164. The molecule has 0 bridgehead atoms. The van der Waals surface area contributed by atoms with E-state index in [1.54, 1.807) is 24.3 Å². The normalized spacial score (nSPS) is 10.4. The molecule has 1 aromatic heterocycles. The molecule has 0 spiro atoms. The minimum atomic E-state index is -1.10. The average molecular weight is 253 g/mol. The SMILES string of the molecule is Cl.O=C(O)C=Cc1cc2ccccc2oc1=O. The standard InChI is InChI=1S/C12H8O4.ClH/c13-11(14)6-5-9-7-8-3-1-2-4-10(8)16-12(9)15;/h1-7H,(H,13,14);1H. The molecule has 0 aliphatic heterocycles. The Morgan fingerprint density at radius 3 is 2.71 bits per heavy atom. The summed E-state index contributed by atoms with van der Waals surface area (Å²) in [7, 11) is 0. The second kappa shape index (κ2) is 5.32. The number of halogens is 1. The Labute approximate surface area is 103 Å². The number of benzene rings is 1. The quantitative estimate of drug-likeness (QED) is 0.658. The van der Waals surface area contributed by atoms with Gasteiger partial charge in [-0.05, 0) is 18.2 Å². The summed E-state index contributed by atoms with van der Waals surface area (Å²) in [5.74, 6) is -1.10. The zero-order valence-electron chi connectivity index (χ0n) is 8.62. The Morgan fingerprint density at radius 2 is 2.00 bits per heavy atom. The van der Waals surface area contributed by atoms with Crippen LogP contribution in [0.2, 0.25) is 0 Å². The van der Waals surface area contributed by atoms with Crippen LogP contribution in [-0.2, 0) is 4.79 Å². The molecule has 0 atom stereocenters. The van der Waals surface area contributed by atoms with Gasteiger partial charge in [0.2, 0.25) is 0 Å². The number of carboxylic acids is 1. The zero-order valence-corrected chi connectivity index (χ0v) is 9.44. The lowest BCUT2D eigenvalue weighted by atomic mass is 10.2. The molecule has 1 aromatic carbocycles. The number of hydrogen-bond donors (Lipinski definition) is 1. The van der Waals surface area contributed by atoms with Crippen molar-refractivity contribution in [1.82, 2.24) is 0 Å². The maximum atomic E-state index is 11.4. The topological polar surface area (TPSA) is 67.5 Å². The molecule has 5 heteroatoms. The highest BCUT2D eigenvalue weighted by molar-refractivity contribution is 5.86. The van der Waals surface area contributed by atoms with E-state index in [0.717, 1.165) is 11.5 Å². The number of rotatable bonds is 2. The van der Waals surface area contributed by atoms with Crippen LogP contribution in [0.3, 0.4) is 0 Å². The van der Waals surface area contributed by atoms with Gasteiger partial charge in [-0.2, -0.15) is 0 Å². The van der Waals surface area contributed by atoms with E-state index < -0.39 is 11.6 Å². The molecule has 0 radical (unpaired) electrons. The number of aliphatic carboxylic acids is 1. The fraction of sp³-hybridized carbons (Fsp3) is 0. The minimum absolute atomic E-state index is 0. The third kappa shape index (κ3) is 2.95. The van der Waals surface area contributed by atoms with Crippen LogP contribution in [0.5, 0.6) is 0 Å². The predicted molar refractivity (Wildman–Crippen MR) is 66.4 cm³/mol. The van der Waals surface area contributed by atoms with Crippen molar-refractivity contribution in [2.45, 2.75) is 0 Å². The lowest BCUT2D eigenvalue weighted by Gasteiger charge is -1.96. The molecule has 4 nitrogen and oxygen atoms in total. The monoisotopic (exact) mass is 252 g/mol. The molecule has 2 rings (SSSR count). The van der Waals surface area contributed by atoms with Crippen molar-refractivity contribution in [3.8, 4) is 0 Å². The Balaban J connectivity index is 0.00000144. The molecule has 88 valence electrons. The van der Waals surface area contributed by atoms with Gasteiger partial charge in [-0.15, -0.1) is 12.4 Å². The molecule has 1 N–H and O–H groups in total. The van der Waals surface area contributed by atoms with Crippen LogP contribution in [0.4, 0.5) is 0 Å². The van der Waals surface area contributed by atoms with E-state index in [1.165, 1.54) is 6.08 Å². The van der Waals surface area contributed by atoms with Crippen molar-refractivity contribution in [1.29, 1.82) is 0 Å². The number of carboxylic acid groups (broad SMARTS) is 1. The largest absolute Gasteiger partial charge is 0.478 e. The Kier molecular flexibility index (Phi) is 4.06. The van der Waals surface area contributed by atoms with E-state index in [1.807, 2.05) is 6.07 Å². The van der Waals surface area contributed by atoms with Crippen molar-refractivity contribution in [3.05, 3.63) is 52.4 Å². The summed E-state index contributed by atoms with van der Waals surface area (Å²) in [6.45, 7) is 0. The van der Waals surface area contributed by atoms with Crippen molar-refractivity contribution >= 4 is 35.4 Å². The van der Waals surface area contributed by atoms with E-state index >= 15 is 0 Å². The maximum Gasteiger partial charge on any atom is 0.343 e. The minimum Gasteiger partial charge on any atom is -0.478 e. The van der Waals surface area contributed by atoms with Crippen LogP contribution < -0.4 is 5.63 Å². The third-order valence-electron chi connectivity index (χ3n) is 2.07. The van der Waals surface area contributed by atoms with E-state index in [9.17, 15) is 9.59 Å². The summed E-state index contributed by atoms with van der Waals surface area (Å²) in [5, 5.41) is 9.22. The lowest BCUT2D eigenvalue weighted by molar-refractivity contribution is -0.131. The molecule has 2 aromatic rings. The molecule has 0 aliphatic carbocycles. The summed E-state index contributed by atoms with van der Waals surface area (Å²) < 4.78 is 5.03. The first-order valence-electron chi connectivity index (χ1n) is 4.61. The molecule has 0 fully saturated rings. The van der Waals surface area contributed by atoms with Crippen molar-refractivity contribution in [3.63, 3.8) is 0 Å². The van der Waals surface area contributed by atoms with Crippen LogP contribution in [0, 0.1) is 0 Å². The third-order valence-corrected chi connectivity index (χ3v) is 2.07. The molecule has 0 saturated carbocycles. The van der Waals surface area contributed by atoms with Crippen LogP contribution in [0.1, 0.15) is 5.56 Å². The van der Waals surface area contributed by atoms with Gasteiger partial charge in [0.15, 0.2) is 0 Å². The molecule has 17 heavy (non-hydrogen) atoms. The molecule has 0 amide bonds. The lowest BCUT2D eigenvalue weighted by Crippen LogP contribution is -2.02. The first-order chi connectivity index (χ1) is 7.66. The summed E-state index contributed by atoms with van der Waals surface area (Å²) >= 11 is 0. The number of fused-ring (bicyclic) bond motifs is 1. The highest BCUT2D eigenvalue weighted by Crippen LogP contribution is 2.12. The van der Waals surface area contributed by atoms with Crippen molar-refractivity contribution in [2.24, 2.45) is 0 Å². The predicted octanol–water partition coefficient (Wildman–Crippen LogP) is 2.31. The number of para-hydroxylation sites is 1. The number of hydrogen-bond acceptors (Lipinski definition) is 3. The fourth-order valence-electron chi connectivity index (χ4n) is 1.36. The van der Waals surface area contributed by atoms with Gasteiger partial charge in [0.25, 0.3) is 0 Å². The molecular weight excluding hydrogens is 244 g/mol. The Hall–Kier alpha value is -2.07. The van der Waals surface area contributed by atoms with E-state index in [2.05, 4.69) is 0 Å². The molecule has 0 unspecified atom stereocenters. The average Bonchev–Trinajstić information content (AvgIpc) is 2.26. The van der Waals surface area contributed by atoms with Crippen LogP contribution in [0.15, 0.2) is 45.6 Å². The van der Waals surface area contributed by atoms with Gasteiger partial charge in [0, 0.05) is 11.5 Å². The van der Waals surface area contributed by atoms with E-state index in [4.69, 9.17) is 9.52 Å². The molecule has 0 aliphatic rings. The highest BCUT2D eigenvalue weighted by Gasteiger charge is 2.01. The van der Waals surface area contributed by atoms with Gasteiger partial charge in [-0.1, -0.05) is 18.2 Å². The molecule has 0 saturated heterocycles. The van der Waals surface area contributed by atoms with Crippen LogP contribution in [-0.4, -0.2) is 11.1 Å². The zero-order chi connectivity index (χ0) is 11.5.